The molecule has 0 saturated carbocycles. The first-order valence-electron chi connectivity index (χ1n) is 12.0. The Balaban J connectivity index is 1.46. The molecule has 0 spiro atoms. The van der Waals surface area contributed by atoms with Crippen LogP contribution in [0.3, 0.4) is 0 Å². The highest BCUT2D eigenvalue weighted by molar-refractivity contribution is 7.99. The Morgan fingerprint density at radius 3 is 2.57 bits per heavy atom. The second kappa shape index (κ2) is 11.0. The number of nitrogens with zero attached hydrogens (tertiary/aromatic N) is 3. The monoisotopic (exact) mass is 536 g/mol. The molecule has 192 valence electrons. The number of likely N-dealkylation sites (N-methyl/N-ethyl adjacent to an activating group) is 1. The lowest BCUT2D eigenvalue weighted by Gasteiger charge is -2.21. The highest BCUT2D eigenvalue weighted by atomic mass is 32.2. The number of carbonyl (C=O) groups is 1. The molecule has 1 N–H and O–H groups in total. The Labute approximate surface area is 223 Å². The number of nitrogens with one attached hydrogen (secondary N) is 1. The standard InChI is InChI=1S/C27H28N4O4S2/c1-4-35-20-9-5-17(6-10-20)28-23(32)16-36-27-29-25-24(21-13-14-30(2)15-22(21)37-25)26(33)31(27)18-7-11-19(34-3)12-8-18/h5-12H,4,13-16H2,1-3H3,(H,28,32). The molecular weight excluding hydrogens is 508 g/mol. The van der Waals surface area contributed by atoms with E-state index in [4.69, 9.17) is 14.5 Å². The lowest BCUT2D eigenvalue weighted by Crippen LogP contribution is -2.27. The SMILES string of the molecule is CCOc1ccc(NC(=O)CSc2nc3sc4c(c3c(=O)n2-c2ccc(OC)cc2)CCN(C)C4)cc1. The van der Waals surface area contributed by atoms with E-state index in [1.165, 1.54) is 16.6 Å². The van der Waals surface area contributed by atoms with Crippen molar-refractivity contribution in [1.82, 2.24) is 14.5 Å². The molecule has 8 nitrogen and oxygen atoms in total. The van der Waals surface area contributed by atoms with Gasteiger partial charge in [0.15, 0.2) is 5.16 Å². The van der Waals surface area contributed by atoms with Crippen LogP contribution < -0.4 is 20.3 Å². The number of anilines is 1. The third-order valence-electron chi connectivity index (χ3n) is 6.15. The van der Waals surface area contributed by atoms with Gasteiger partial charge in [0.1, 0.15) is 16.3 Å². The van der Waals surface area contributed by atoms with E-state index in [2.05, 4.69) is 17.3 Å². The Hall–Kier alpha value is -3.34. The van der Waals surface area contributed by atoms with Crippen LogP contribution in [-0.4, -0.2) is 53.4 Å². The third kappa shape index (κ3) is 5.36. The Bertz CT molecular complexity index is 1480. The van der Waals surface area contributed by atoms with Gasteiger partial charge in [-0.3, -0.25) is 14.2 Å². The summed E-state index contributed by atoms with van der Waals surface area (Å²) in [5.74, 6) is 1.37. The molecule has 0 radical (unpaired) electrons. The largest absolute Gasteiger partial charge is 0.497 e. The number of thioether (sulfide) groups is 1. The van der Waals surface area contributed by atoms with Crippen molar-refractivity contribution in [1.29, 1.82) is 0 Å². The summed E-state index contributed by atoms with van der Waals surface area (Å²) in [5.41, 5.74) is 2.36. The van der Waals surface area contributed by atoms with Gasteiger partial charge in [-0.1, -0.05) is 11.8 Å². The highest BCUT2D eigenvalue weighted by Gasteiger charge is 2.24. The van der Waals surface area contributed by atoms with Crippen LogP contribution in [-0.2, 0) is 17.8 Å². The molecule has 1 amide bonds. The van der Waals surface area contributed by atoms with Crippen LogP contribution in [0.4, 0.5) is 5.69 Å². The van der Waals surface area contributed by atoms with Crippen molar-refractivity contribution in [3.8, 4) is 17.2 Å². The molecule has 5 rings (SSSR count). The van der Waals surface area contributed by atoms with E-state index in [0.29, 0.717) is 34.3 Å². The normalized spacial score (nSPS) is 13.4. The van der Waals surface area contributed by atoms with E-state index in [1.54, 1.807) is 35.1 Å². The minimum absolute atomic E-state index is 0.105. The molecule has 2 aromatic carbocycles. The number of amides is 1. The van der Waals surface area contributed by atoms with Gasteiger partial charge in [0, 0.05) is 23.7 Å². The molecule has 4 aromatic rings. The second-order valence-corrected chi connectivity index (χ2v) is 10.7. The summed E-state index contributed by atoms with van der Waals surface area (Å²) in [7, 11) is 3.69. The van der Waals surface area contributed by atoms with Crippen molar-refractivity contribution in [2.45, 2.75) is 25.0 Å². The van der Waals surface area contributed by atoms with Crippen molar-refractivity contribution < 1.29 is 14.3 Å². The smallest absolute Gasteiger partial charge is 0.267 e. The third-order valence-corrected chi connectivity index (χ3v) is 8.20. The number of aromatic nitrogens is 2. The molecular formula is C27H28N4O4S2. The fourth-order valence-electron chi connectivity index (χ4n) is 4.34. The molecule has 0 saturated heterocycles. The molecule has 0 unspecified atom stereocenters. The lowest BCUT2D eigenvalue weighted by molar-refractivity contribution is -0.113. The number of fused-ring (bicyclic) bond motifs is 3. The number of hydrogen-bond donors (Lipinski definition) is 1. The quantitative estimate of drug-likeness (QED) is 0.261. The summed E-state index contributed by atoms with van der Waals surface area (Å²) < 4.78 is 12.4. The van der Waals surface area contributed by atoms with E-state index in [9.17, 15) is 9.59 Å². The molecule has 3 heterocycles. The summed E-state index contributed by atoms with van der Waals surface area (Å²) >= 11 is 2.82. The number of rotatable bonds is 8. The van der Waals surface area contributed by atoms with E-state index < -0.39 is 0 Å². The molecule has 37 heavy (non-hydrogen) atoms. The zero-order valence-corrected chi connectivity index (χ0v) is 22.6. The lowest BCUT2D eigenvalue weighted by atomic mass is 10.1. The van der Waals surface area contributed by atoms with E-state index >= 15 is 0 Å². The van der Waals surface area contributed by atoms with Crippen LogP contribution in [0.15, 0.2) is 58.5 Å². The predicted molar refractivity (Wildman–Crippen MR) is 149 cm³/mol. The Morgan fingerprint density at radius 2 is 1.86 bits per heavy atom. The first kappa shape index (κ1) is 25.3. The molecule has 0 aliphatic carbocycles. The number of benzene rings is 2. The maximum absolute atomic E-state index is 13.9. The molecule has 2 aromatic heterocycles. The van der Waals surface area contributed by atoms with Crippen LogP contribution >= 0.6 is 23.1 Å². The predicted octanol–water partition coefficient (Wildman–Crippen LogP) is 4.57. The van der Waals surface area contributed by atoms with Gasteiger partial charge in [-0.2, -0.15) is 0 Å². The van der Waals surface area contributed by atoms with Gasteiger partial charge in [0.2, 0.25) is 5.91 Å². The van der Waals surface area contributed by atoms with E-state index in [0.717, 1.165) is 35.7 Å². The fraction of sp³-hybridized carbons (Fsp3) is 0.296. The summed E-state index contributed by atoms with van der Waals surface area (Å²) in [6, 6.07) is 14.6. The number of methoxy groups -OCH3 is 1. The van der Waals surface area contributed by atoms with Crippen molar-refractivity contribution in [3.63, 3.8) is 0 Å². The Morgan fingerprint density at radius 1 is 1.14 bits per heavy atom. The summed E-state index contributed by atoms with van der Waals surface area (Å²) in [6.07, 6.45) is 0.822. The summed E-state index contributed by atoms with van der Waals surface area (Å²) in [4.78, 5) is 35.7. The van der Waals surface area contributed by atoms with Crippen LogP contribution in [0.2, 0.25) is 0 Å². The summed E-state index contributed by atoms with van der Waals surface area (Å²) in [5, 5.41) is 4.07. The van der Waals surface area contributed by atoms with Gasteiger partial charge in [-0.25, -0.2) is 4.98 Å². The van der Waals surface area contributed by atoms with Gasteiger partial charge in [0.05, 0.1) is 30.5 Å². The average molecular weight is 537 g/mol. The van der Waals surface area contributed by atoms with Crippen LogP contribution in [0, 0.1) is 0 Å². The highest BCUT2D eigenvalue weighted by Crippen LogP contribution is 2.34. The summed E-state index contributed by atoms with van der Waals surface area (Å²) in [6.45, 7) is 4.22. The van der Waals surface area contributed by atoms with Gasteiger partial charge < -0.3 is 19.7 Å². The van der Waals surface area contributed by atoms with E-state index in [1.807, 2.05) is 43.3 Å². The van der Waals surface area contributed by atoms with Gasteiger partial charge in [-0.05, 0) is 74.5 Å². The molecule has 1 aliphatic rings. The van der Waals surface area contributed by atoms with Crippen LogP contribution in [0.5, 0.6) is 11.5 Å². The number of thiophene rings is 1. The first-order valence-corrected chi connectivity index (χ1v) is 13.8. The molecule has 1 aliphatic heterocycles. The zero-order valence-electron chi connectivity index (χ0n) is 20.9. The number of hydrogen-bond acceptors (Lipinski definition) is 8. The first-order chi connectivity index (χ1) is 18.0. The topological polar surface area (TPSA) is 85.7 Å². The zero-order chi connectivity index (χ0) is 25.9. The number of ether oxygens (including phenoxy) is 2. The molecule has 0 atom stereocenters. The van der Waals surface area contributed by atoms with Crippen LogP contribution in [0.25, 0.3) is 15.9 Å². The second-order valence-electron chi connectivity index (χ2n) is 8.70. The van der Waals surface area contributed by atoms with Gasteiger partial charge in [-0.15, -0.1) is 11.3 Å². The maximum atomic E-state index is 13.9. The van der Waals surface area contributed by atoms with Crippen molar-refractivity contribution >= 4 is 44.9 Å². The number of carbonyl (C=O) groups excluding carboxylic acids is 1. The molecule has 0 bridgehead atoms. The molecule has 0 fully saturated rings. The van der Waals surface area contributed by atoms with Crippen molar-refractivity contribution in [2.75, 3.05) is 38.4 Å². The van der Waals surface area contributed by atoms with Gasteiger partial charge in [0.25, 0.3) is 5.56 Å². The average Bonchev–Trinajstić information content (AvgIpc) is 3.26. The minimum atomic E-state index is -0.183. The Kier molecular flexibility index (Phi) is 7.50. The van der Waals surface area contributed by atoms with Crippen molar-refractivity contribution in [2.24, 2.45) is 0 Å². The minimum Gasteiger partial charge on any atom is -0.497 e. The van der Waals surface area contributed by atoms with Crippen LogP contribution in [0.1, 0.15) is 17.4 Å². The maximum Gasteiger partial charge on any atom is 0.267 e. The van der Waals surface area contributed by atoms with E-state index in [-0.39, 0.29) is 17.2 Å². The van der Waals surface area contributed by atoms with Crippen molar-refractivity contribution in [3.05, 3.63) is 69.3 Å². The van der Waals surface area contributed by atoms with Gasteiger partial charge >= 0.3 is 0 Å². The molecule has 10 heteroatoms. The fourth-order valence-corrected chi connectivity index (χ4v) is 6.49.